The molecule has 0 bridgehead atoms. The second-order valence-corrected chi connectivity index (χ2v) is 5.13. The normalized spacial score (nSPS) is 16.1. The highest BCUT2D eigenvalue weighted by atomic mass is 19.4. The van der Waals surface area contributed by atoms with E-state index >= 15 is 0 Å². The molecule has 0 aliphatic carbocycles. The molecule has 0 fully saturated rings. The Hall–Kier alpha value is -1.54. The van der Waals surface area contributed by atoms with E-state index in [0.29, 0.717) is 6.42 Å². The number of rotatable bonds is 7. The Balaban J connectivity index is 2.93. The van der Waals surface area contributed by atoms with Crippen molar-refractivity contribution in [1.29, 1.82) is 0 Å². The SMILES string of the molecule is CCC(CCO)NC(=O)CC(O)(c1ccc(C)o1)C(F)(F)F. The van der Waals surface area contributed by atoms with Crippen LogP contribution in [0.2, 0.25) is 0 Å². The van der Waals surface area contributed by atoms with Crippen molar-refractivity contribution in [3.63, 3.8) is 0 Å². The second-order valence-electron chi connectivity index (χ2n) is 5.13. The summed E-state index contributed by atoms with van der Waals surface area (Å²) in [6.07, 6.45) is -5.58. The van der Waals surface area contributed by atoms with Gasteiger partial charge >= 0.3 is 6.18 Å². The molecule has 1 amide bonds. The fourth-order valence-corrected chi connectivity index (χ4v) is 2.03. The lowest BCUT2D eigenvalue weighted by atomic mass is 9.95. The maximum Gasteiger partial charge on any atom is 0.425 e. The van der Waals surface area contributed by atoms with E-state index in [1.54, 1.807) is 6.92 Å². The molecule has 2 unspecified atom stereocenters. The molecule has 2 atom stereocenters. The summed E-state index contributed by atoms with van der Waals surface area (Å²) in [5.41, 5.74) is -3.39. The molecule has 1 rings (SSSR count). The third kappa shape index (κ3) is 4.23. The molecule has 0 saturated heterocycles. The van der Waals surface area contributed by atoms with Crippen LogP contribution in [0.3, 0.4) is 0 Å². The van der Waals surface area contributed by atoms with Gasteiger partial charge in [-0.25, -0.2) is 0 Å². The van der Waals surface area contributed by atoms with Gasteiger partial charge in [-0.1, -0.05) is 6.92 Å². The molecule has 0 aromatic carbocycles. The van der Waals surface area contributed by atoms with Gasteiger partial charge < -0.3 is 19.9 Å². The molecule has 5 nitrogen and oxygen atoms in total. The van der Waals surface area contributed by atoms with Crippen molar-refractivity contribution in [3.05, 3.63) is 23.7 Å². The molecular weight excluding hydrogens is 303 g/mol. The number of furan rings is 1. The number of carbonyl (C=O) groups is 1. The average molecular weight is 323 g/mol. The molecule has 1 heterocycles. The number of nitrogens with one attached hydrogen (secondary N) is 1. The van der Waals surface area contributed by atoms with E-state index in [4.69, 9.17) is 9.52 Å². The molecule has 22 heavy (non-hydrogen) atoms. The van der Waals surface area contributed by atoms with Crippen LogP contribution in [0.15, 0.2) is 16.5 Å². The van der Waals surface area contributed by atoms with E-state index in [-0.39, 0.29) is 18.8 Å². The van der Waals surface area contributed by atoms with E-state index in [1.807, 2.05) is 0 Å². The Morgan fingerprint density at radius 1 is 1.41 bits per heavy atom. The lowest BCUT2D eigenvalue weighted by Gasteiger charge is -2.28. The number of carbonyl (C=O) groups excluding carboxylic acids is 1. The van der Waals surface area contributed by atoms with Gasteiger partial charge in [0.25, 0.3) is 0 Å². The van der Waals surface area contributed by atoms with E-state index < -0.39 is 35.9 Å². The van der Waals surface area contributed by atoms with Crippen molar-refractivity contribution in [2.75, 3.05) is 6.61 Å². The molecule has 0 aliphatic rings. The fourth-order valence-electron chi connectivity index (χ4n) is 2.03. The lowest BCUT2D eigenvalue weighted by molar-refractivity contribution is -0.273. The molecule has 0 saturated carbocycles. The van der Waals surface area contributed by atoms with Crippen molar-refractivity contribution in [3.8, 4) is 0 Å². The average Bonchev–Trinajstić information content (AvgIpc) is 2.83. The molecule has 1 aromatic heterocycles. The van der Waals surface area contributed by atoms with Crippen LogP contribution >= 0.6 is 0 Å². The van der Waals surface area contributed by atoms with Gasteiger partial charge in [-0.05, 0) is 31.9 Å². The summed E-state index contributed by atoms with van der Waals surface area (Å²) in [7, 11) is 0. The molecule has 0 aliphatic heterocycles. The zero-order chi connectivity index (χ0) is 17.0. The predicted octanol–water partition coefficient (Wildman–Crippen LogP) is 2.01. The fraction of sp³-hybridized carbons (Fsp3) is 0.643. The minimum atomic E-state index is -5.06. The summed E-state index contributed by atoms with van der Waals surface area (Å²) in [5.74, 6) is -1.48. The number of halogens is 3. The highest BCUT2D eigenvalue weighted by molar-refractivity contribution is 5.77. The summed E-state index contributed by atoms with van der Waals surface area (Å²) >= 11 is 0. The van der Waals surface area contributed by atoms with Crippen LogP contribution in [-0.2, 0) is 10.4 Å². The van der Waals surface area contributed by atoms with E-state index in [9.17, 15) is 23.1 Å². The standard InChI is InChI=1S/C14H20F3NO4/c1-3-10(6-7-19)18-12(20)8-13(21,14(15,16)17)11-5-4-9(2)22-11/h4-5,10,19,21H,3,6-8H2,1-2H3,(H,18,20). The first-order valence-corrected chi connectivity index (χ1v) is 6.90. The topological polar surface area (TPSA) is 82.7 Å². The van der Waals surface area contributed by atoms with Gasteiger partial charge in [-0.3, -0.25) is 4.79 Å². The Morgan fingerprint density at radius 2 is 2.05 bits per heavy atom. The quantitative estimate of drug-likeness (QED) is 0.717. The van der Waals surface area contributed by atoms with Crippen molar-refractivity contribution in [1.82, 2.24) is 5.32 Å². The molecular formula is C14H20F3NO4. The third-order valence-electron chi connectivity index (χ3n) is 3.37. The number of amides is 1. The van der Waals surface area contributed by atoms with Crippen molar-refractivity contribution >= 4 is 5.91 Å². The maximum absolute atomic E-state index is 13.2. The summed E-state index contributed by atoms with van der Waals surface area (Å²) in [6.45, 7) is 2.97. The smallest absolute Gasteiger partial charge is 0.425 e. The number of aliphatic hydroxyl groups excluding tert-OH is 1. The monoisotopic (exact) mass is 323 g/mol. The van der Waals surface area contributed by atoms with Crippen LogP contribution < -0.4 is 5.32 Å². The number of aryl methyl sites for hydroxylation is 1. The van der Waals surface area contributed by atoms with Crippen LogP contribution in [0.25, 0.3) is 0 Å². The van der Waals surface area contributed by atoms with Crippen LogP contribution in [0.4, 0.5) is 13.2 Å². The molecule has 8 heteroatoms. The van der Waals surface area contributed by atoms with Gasteiger partial charge in [0.15, 0.2) is 0 Å². The minimum Gasteiger partial charge on any atom is -0.463 e. The number of hydrogen-bond donors (Lipinski definition) is 3. The molecule has 1 aromatic rings. The first-order valence-electron chi connectivity index (χ1n) is 6.90. The molecule has 0 spiro atoms. The van der Waals surface area contributed by atoms with Gasteiger partial charge in [-0.15, -0.1) is 0 Å². The van der Waals surface area contributed by atoms with Gasteiger partial charge in [0.05, 0.1) is 6.42 Å². The number of hydrogen-bond acceptors (Lipinski definition) is 4. The Labute approximate surface area is 126 Å². The zero-order valence-corrected chi connectivity index (χ0v) is 12.4. The lowest BCUT2D eigenvalue weighted by Crippen LogP contribution is -2.47. The first kappa shape index (κ1) is 18.5. The van der Waals surface area contributed by atoms with Crippen LogP contribution in [0, 0.1) is 6.92 Å². The summed E-state index contributed by atoms with van der Waals surface area (Å²) < 4.78 is 44.5. The number of aliphatic hydroxyl groups is 2. The highest BCUT2D eigenvalue weighted by Gasteiger charge is 2.58. The van der Waals surface area contributed by atoms with Crippen LogP contribution in [-0.4, -0.2) is 34.9 Å². The minimum absolute atomic E-state index is 0.195. The van der Waals surface area contributed by atoms with Crippen LogP contribution in [0.1, 0.15) is 37.7 Å². The number of alkyl halides is 3. The summed E-state index contributed by atoms with van der Waals surface area (Å²) in [4.78, 5) is 11.8. The highest BCUT2D eigenvalue weighted by Crippen LogP contribution is 2.42. The predicted molar refractivity (Wildman–Crippen MR) is 71.9 cm³/mol. The van der Waals surface area contributed by atoms with Gasteiger partial charge in [-0.2, -0.15) is 13.2 Å². The molecule has 126 valence electrons. The van der Waals surface area contributed by atoms with Crippen molar-refractivity contribution < 1.29 is 32.6 Å². The van der Waals surface area contributed by atoms with Gasteiger partial charge in [0, 0.05) is 12.6 Å². The third-order valence-corrected chi connectivity index (χ3v) is 3.37. The Kier molecular flexibility index (Phi) is 6.01. The van der Waals surface area contributed by atoms with Crippen molar-refractivity contribution in [2.45, 2.75) is 50.9 Å². The molecule has 3 N–H and O–H groups in total. The van der Waals surface area contributed by atoms with Gasteiger partial charge in [0.2, 0.25) is 11.5 Å². The van der Waals surface area contributed by atoms with E-state index in [1.165, 1.54) is 13.0 Å². The Morgan fingerprint density at radius 3 is 2.45 bits per heavy atom. The van der Waals surface area contributed by atoms with E-state index in [2.05, 4.69) is 5.32 Å². The largest absolute Gasteiger partial charge is 0.463 e. The summed E-state index contributed by atoms with van der Waals surface area (Å²) in [6, 6.07) is 1.83. The summed E-state index contributed by atoms with van der Waals surface area (Å²) in [5, 5.41) is 21.2. The van der Waals surface area contributed by atoms with Crippen molar-refractivity contribution in [2.24, 2.45) is 0 Å². The zero-order valence-electron chi connectivity index (χ0n) is 12.4. The second kappa shape index (κ2) is 7.15. The Bertz CT molecular complexity index is 501. The van der Waals surface area contributed by atoms with Gasteiger partial charge in [0.1, 0.15) is 11.5 Å². The van der Waals surface area contributed by atoms with Crippen LogP contribution in [0.5, 0.6) is 0 Å². The molecule has 0 radical (unpaired) electrons. The van der Waals surface area contributed by atoms with E-state index in [0.717, 1.165) is 6.07 Å². The first-order chi connectivity index (χ1) is 10.1. The maximum atomic E-state index is 13.2.